The summed E-state index contributed by atoms with van der Waals surface area (Å²) < 4.78 is 1.92. The molecule has 0 aliphatic rings. The molecule has 0 aromatic carbocycles. The molecule has 0 spiro atoms. The molecule has 3 nitrogen and oxygen atoms in total. The number of nitrogens with zero attached hydrogens (tertiary/aromatic N) is 3. The quantitative estimate of drug-likeness (QED) is 0.720. The molecule has 0 saturated carbocycles. The van der Waals surface area contributed by atoms with Crippen molar-refractivity contribution in [2.45, 2.75) is 13.8 Å². The molecule has 0 aliphatic carbocycles. The molecule has 2 rings (SSSR count). The lowest BCUT2D eigenvalue weighted by Gasteiger charge is -1.97. The molecule has 0 N–H and O–H groups in total. The van der Waals surface area contributed by atoms with E-state index < -0.39 is 0 Å². The molecule has 0 fully saturated rings. The Balaban J connectivity index is 2.67. The van der Waals surface area contributed by atoms with Crippen LogP contribution in [0.25, 0.3) is 11.7 Å². The minimum atomic E-state index is 0.471. The van der Waals surface area contributed by atoms with Gasteiger partial charge in [-0.05, 0) is 19.9 Å². The minimum absolute atomic E-state index is 0.471. The summed E-state index contributed by atoms with van der Waals surface area (Å²) in [6.45, 7) is 4.09. The van der Waals surface area contributed by atoms with Crippen LogP contribution in [0.15, 0.2) is 24.2 Å². The Kier molecular flexibility index (Phi) is 2.25. The van der Waals surface area contributed by atoms with Gasteiger partial charge in [0.25, 0.3) is 0 Å². The van der Waals surface area contributed by atoms with Crippen LogP contribution in [0.2, 0.25) is 5.15 Å². The van der Waals surface area contributed by atoms with E-state index >= 15 is 0 Å². The normalized spacial score (nSPS) is 10.5. The number of rotatable bonds is 1. The molecule has 0 aliphatic heterocycles. The molecule has 0 saturated heterocycles. The zero-order valence-corrected chi connectivity index (χ0v) is 8.78. The zero-order valence-electron chi connectivity index (χ0n) is 8.03. The molecule has 0 amide bonds. The lowest BCUT2D eigenvalue weighted by Crippen LogP contribution is -1.89. The maximum atomic E-state index is 5.80. The van der Waals surface area contributed by atoms with Gasteiger partial charge in [0.2, 0.25) is 0 Å². The molecule has 0 bridgehead atoms. The van der Waals surface area contributed by atoms with Gasteiger partial charge in [0.1, 0.15) is 5.15 Å². The van der Waals surface area contributed by atoms with Gasteiger partial charge < -0.3 is 0 Å². The number of halogens is 1. The van der Waals surface area contributed by atoms with Crippen molar-refractivity contribution in [3.8, 4) is 0 Å². The van der Waals surface area contributed by atoms with E-state index in [1.807, 2.05) is 18.2 Å². The second-order valence-electron chi connectivity index (χ2n) is 3.34. The Morgan fingerprint density at radius 3 is 2.86 bits per heavy atom. The van der Waals surface area contributed by atoms with Gasteiger partial charge in [-0.25, -0.2) is 9.97 Å². The molecular formula is C10H10ClN3. The average molecular weight is 208 g/mol. The monoisotopic (exact) mass is 207 g/mol. The van der Waals surface area contributed by atoms with E-state index in [1.54, 1.807) is 18.6 Å². The first-order chi connectivity index (χ1) is 6.66. The van der Waals surface area contributed by atoms with Gasteiger partial charge in [0.05, 0.1) is 18.1 Å². The first-order valence-corrected chi connectivity index (χ1v) is 4.68. The fourth-order valence-electron chi connectivity index (χ4n) is 1.29. The van der Waals surface area contributed by atoms with Crippen LogP contribution in [0.3, 0.4) is 0 Å². The zero-order chi connectivity index (χ0) is 10.1. The Labute approximate surface area is 87.1 Å². The molecule has 72 valence electrons. The van der Waals surface area contributed by atoms with Crippen molar-refractivity contribution in [2.24, 2.45) is 0 Å². The van der Waals surface area contributed by atoms with Crippen LogP contribution < -0.4 is 0 Å². The predicted molar refractivity (Wildman–Crippen MR) is 57.3 cm³/mol. The number of aromatic nitrogens is 3. The maximum absolute atomic E-state index is 5.80. The first-order valence-electron chi connectivity index (χ1n) is 4.30. The highest BCUT2D eigenvalue weighted by atomic mass is 35.5. The predicted octanol–water partition coefficient (Wildman–Crippen LogP) is 2.81. The first kappa shape index (κ1) is 9.21. The molecular weight excluding hydrogens is 198 g/mol. The van der Waals surface area contributed by atoms with Gasteiger partial charge in [-0.15, -0.1) is 0 Å². The number of allylic oxidation sites excluding steroid dienone is 1. The van der Waals surface area contributed by atoms with Crippen molar-refractivity contribution >= 4 is 23.3 Å². The molecule has 2 heterocycles. The Hall–Kier alpha value is -1.35. The largest absolute Gasteiger partial charge is 0.296 e. The molecule has 0 unspecified atom stereocenters. The van der Waals surface area contributed by atoms with Crippen molar-refractivity contribution in [3.05, 3.63) is 35.0 Å². The van der Waals surface area contributed by atoms with Gasteiger partial charge in [-0.3, -0.25) is 4.40 Å². The Morgan fingerprint density at radius 2 is 2.14 bits per heavy atom. The van der Waals surface area contributed by atoms with Gasteiger partial charge in [0.15, 0.2) is 5.65 Å². The van der Waals surface area contributed by atoms with E-state index in [-0.39, 0.29) is 0 Å². The second kappa shape index (κ2) is 3.42. The summed E-state index contributed by atoms with van der Waals surface area (Å²) in [7, 11) is 0. The van der Waals surface area contributed by atoms with Crippen LogP contribution in [0.5, 0.6) is 0 Å². The highest BCUT2D eigenvalue weighted by Gasteiger charge is 2.01. The third-order valence-corrected chi connectivity index (χ3v) is 2.02. The van der Waals surface area contributed by atoms with Crippen molar-refractivity contribution in [1.29, 1.82) is 0 Å². The summed E-state index contributed by atoms with van der Waals surface area (Å²) in [5, 5.41) is 0.471. The number of imidazole rings is 1. The van der Waals surface area contributed by atoms with Crippen molar-refractivity contribution in [1.82, 2.24) is 14.4 Å². The SMILES string of the molecule is CC(C)=Cc1cnc2cnc(Cl)cn12. The maximum Gasteiger partial charge on any atom is 0.155 e. The molecule has 2 aromatic heterocycles. The topological polar surface area (TPSA) is 30.2 Å². The van der Waals surface area contributed by atoms with E-state index in [2.05, 4.69) is 16.0 Å². The van der Waals surface area contributed by atoms with E-state index in [1.165, 1.54) is 5.57 Å². The van der Waals surface area contributed by atoms with Gasteiger partial charge >= 0.3 is 0 Å². The summed E-state index contributed by atoms with van der Waals surface area (Å²) in [5.41, 5.74) is 3.05. The average Bonchev–Trinajstić information content (AvgIpc) is 2.47. The fraction of sp³-hybridized carbons (Fsp3) is 0.200. The summed E-state index contributed by atoms with van der Waals surface area (Å²) in [5.74, 6) is 0. The van der Waals surface area contributed by atoms with E-state index in [0.717, 1.165) is 11.3 Å². The third kappa shape index (κ3) is 1.63. The van der Waals surface area contributed by atoms with Crippen LogP contribution in [0.1, 0.15) is 19.5 Å². The summed E-state index contributed by atoms with van der Waals surface area (Å²) in [6.07, 6.45) is 7.28. The van der Waals surface area contributed by atoms with E-state index in [9.17, 15) is 0 Å². The van der Waals surface area contributed by atoms with Crippen LogP contribution in [-0.4, -0.2) is 14.4 Å². The molecule has 4 heteroatoms. The Bertz CT molecular complexity index is 495. The number of hydrogen-bond donors (Lipinski definition) is 0. The lowest BCUT2D eigenvalue weighted by molar-refractivity contribution is 1.11. The summed E-state index contributed by atoms with van der Waals surface area (Å²) in [4.78, 5) is 8.17. The van der Waals surface area contributed by atoms with Gasteiger partial charge in [-0.1, -0.05) is 17.2 Å². The fourth-order valence-corrected chi connectivity index (χ4v) is 1.43. The van der Waals surface area contributed by atoms with Crippen molar-refractivity contribution in [3.63, 3.8) is 0 Å². The molecule has 0 radical (unpaired) electrons. The standard InChI is InChI=1S/C10H10ClN3/c1-7(2)3-8-4-13-10-5-12-9(11)6-14(8)10/h3-6H,1-2H3. The summed E-state index contributed by atoms with van der Waals surface area (Å²) in [6, 6.07) is 0. The third-order valence-electron chi connectivity index (χ3n) is 1.83. The van der Waals surface area contributed by atoms with Crippen molar-refractivity contribution < 1.29 is 0 Å². The molecule has 2 aromatic rings. The lowest BCUT2D eigenvalue weighted by atomic mass is 10.3. The van der Waals surface area contributed by atoms with Crippen LogP contribution in [0.4, 0.5) is 0 Å². The van der Waals surface area contributed by atoms with E-state index in [0.29, 0.717) is 5.15 Å². The smallest absolute Gasteiger partial charge is 0.155 e. The van der Waals surface area contributed by atoms with Crippen LogP contribution >= 0.6 is 11.6 Å². The number of hydrogen-bond acceptors (Lipinski definition) is 2. The van der Waals surface area contributed by atoms with Gasteiger partial charge in [-0.2, -0.15) is 0 Å². The van der Waals surface area contributed by atoms with Crippen molar-refractivity contribution in [2.75, 3.05) is 0 Å². The summed E-state index contributed by atoms with van der Waals surface area (Å²) >= 11 is 5.80. The van der Waals surface area contributed by atoms with E-state index in [4.69, 9.17) is 11.6 Å². The molecule has 14 heavy (non-hydrogen) atoms. The number of fused-ring (bicyclic) bond motifs is 1. The minimum Gasteiger partial charge on any atom is -0.296 e. The highest BCUT2D eigenvalue weighted by molar-refractivity contribution is 6.29. The Morgan fingerprint density at radius 1 is 1.36 bits per heavy atom. The second-order valence-corrected chi connectivity index (χ2v) is 3.73. The van der Waals surface area contributed by atoms with Gasteiger partial charge in [0, 0.05) is 6.20 Å². The highest BCUT2D eigenvalue weighted by Crippen LogP contribution is 2.12. The van der Waals surface area contributed by atoms with Crippen LogP contribution in [0, 0.1) is 0 Å². The van der Waals surface area contributed by atoms with Crippen LogP contribution in [-0.2, 0) is 0 Å². The molecule has 0 atom stereocenters.